The van der Waals surface area contributed by atoms with Gasteiger partial charge in [-0.05, 0) is 30.2 Å². The lowest BCUT2D eigenvalue weighted by molar-refractivity contribution is 0.181. The Hall–Kier alpha value is -1.76. The highest BCUT2D eigenvalue weighted by Crippen LogP contribution is 2.15. The first kappa shape index (κ1) is 17.1. The van der Waals surface area contributed by atoms with Crippen molar-refractivity contribution < 1.29 is 8.42 Å². The van der Waals surface area contributed by atoms with E-state index in [1.807, 2.05) is 43.3 Å². The van der Waals surface area contributed by atoms with E-state index in [1.165, 1.54) is 5.56 Å². The fraction of sp³-hybridized carbons (Fsp3) is 0.389. The second-order valence-electron chi connectivity index (χ2n) is 6.27. The largest absolute Gasteiger partial charge is 0.296 e. The first-order valence-electron chi connectivity index (χ1n) is 8.17. The van der Waals surface area contributed by atoms with Gasteiger partial charge in [0.15, 0.2) is 0 Å². The fourth-order valence-corrected chi connectivity index (χ4v) is 4.41. The van der Waals surface area contributed by atoms with Gasteiger partial charge in [-0.1, -0.05) is 29.8 Å². The lowest BCUT2D eigenvalue weighted by Gasteiger charge is -2.34. The molecule has 0 unspecified atom stereocenters. The van der Waals surface area contributed by atoms with E-state index in [0.717, 1.165) is 30.8 Å². The standard InChI is InChI=1S/C18H23N3O2S/c1-16-2-4-18(5-3-16)15-24(22,23)21-12-10-20(11-13-21)14-17-6-8-19-9-7-17/h2-9H,10-15H2,1H3. The number of aromatic nitrogens is 1. The molecule has 128 valence electrons. The number of aryl methyl sites for hydroxylation is 1. The maximum atomic E-state index is 12.6. The number of sulfonamides is 1. The molecule has 3 rings (SSSR count). The van der Waals surface area contributed by atoms with Crippen molar-refractivity contribution in [2.75, 3.05) is 26.2 Å². The summed E-state index contributed by atoms with van der Waals surface area (Å²) in [7, 11) is -3.25. The average Bonchev–Trinajstić information content (AvgIpc) is 2.58. The van der Waals surface area contributed by atoms with Gasteiger partial charge in [0.2, 0.25) is 10.0 Å². The summed E-state index contributed by atoms with van der Waals surface area (Å²) < 4.78 is 26.8. The third-order valence-electron chi connectivity index (χ3n) is 4.35. The molecule has 1 aromatic carbocycles. The quantitative estimate of drug-likeness (QED) is 0.832. The summed E-state index contributed by atoms with van der Waals surface area (Å²) >= 11 is 0. The van der Waals surface area contributed by atoms with Gasteiger partial charge in [0.25, 0.3) is 0 Å². The molecule has 1 aliphatic rings. The molecule has 0 N–H and O–H groups in total. The van der Waals surface area contributed by atoms with Crippen molar-refractivity contribution in [3.63, 3.8) is 0 Å². The lowest BCUT2D eigenvalue weighted by atomic mass is 10.2. The molecule has 0 bridgehead atoms. The zero-order chi connectivity index (χ0) is 17.0. The Morgan fingerprint density at radius 2 is 1.54 bits per heavy atom. The van der Waals surface area contributed by atoms with E-state index in [1.54, 1.807) is 16.7 Å². The number of pyridine rings is 1. The predicted molar refractivity (Wildman–Crippen MR) is 94.9 cm³/mol. The average molecular weight is 345 g/mol. The van der Waals surface area contributed by atoms with Crippen molar-refractivity contribution in [1.29, 1.82) is 0 Å². The minimum absolute atomic E-state index is 0.0810. The van der Waals surface area contributed by atoms with Crippen LogP contribution in [0.3, 0.4) is 0 Å². The van der Waals surface area contributed by atoms with Crippen LogP contribution in [-0.2, 0) is 22.3 Å². The zero-order valence-corrected chi connectivity index (χ0v) is 14.7. The second kappa shape index (κ2) is 7.42. The summed E-state index contributed by atoms with van der Waals surface area (Å²) in [6.07, 6.45) is 3.58. The van der Waals surface area contributed by atoms with Crippen molar-refractivity contribution in [1.82, 2.24) is 14.2 Å². The zero-order valence-electron chi connectivity index (χ0n) is 13.9. The van der Waals surface area contributed by atoms with Gasteiger partial charge in [0, 0.05) is 45.1 Å². The molecule has 0 spiro atoms. The number of hydrogen-bond acceptors (Lipinski definition) is 4. The molecule has 0 amide bonds. The molecule has 1 fully saturated rings. The molecule has 2 aromatic rings. The summed E-state index contributed by atoms with van der Waals surface area (Å²) in [6.45, 7) is 5.47. The molecule has 0 aliphatic carbocycles. The number of benzene rings is 1. The number of rotatable bonds is 5. The van der Waals surface area contributed by atoms with Gasteiger partial charge in [-0.25, -0.2) is 8.42 Å². The van der Waals surface area contributed by atoms with Crippen molar-refractivity contribution >= 4 is 10.0 Å². The number of piperazine rings is 1. The molecule has 6 heteroatoms. The van der Waals surface area contributed by atoms with Crippen LogP contribution >= 0.6 is 0 Å². The van der Waals surface area contributed by atoms with Gasteiger partial charge in [0.05, 0.1) is 5.75 Å². The highest BCUT2D eigenvalue weighted by Gasteiger charge is 2.27. The number of hydrogen-bond donors (Lipinski definition) is 0. The van der Waals surface area contributed by atoms with Crippen LogP contribution in [-0.4, -0.2) is 48.8 Å². The van der Waals surface area contributed by atoms with Crippen LogP contribution in [0.15, 0.2) is 48.8 Å². The molecule has 0 radical (unpaired) electrons. The highest BCUT2D eigenvalue weighted by molar-refractivity contribution is 7.88. The molecule has 1 aliphatic heterocycles. The monoisotopic (exact) mass is 345 g/mol. The highest BCUT2D eigenvalue weighted by atomic mass is 32.2. The third kappa shape index (κ3) is 4.41. The van der Waals surface area contributed by atoms with Crippen molar-refractivity contribution in [2.45, 2.75) is 19.2 Å². The maximum Gasteiger partial charge on any atom is 0.218 e. The van der Waals surface area contributed by atoms with Crippen molar-refractivity contribution in [3.05, 3.63) is 65.5 Å². The fourth-order valence-electron chi connectivity index (χ4n) is 2.90. The lowest BCUT2D eigenvalue weighted by Crippen LogP contribution is -2.48. The Labute approximate surface area is 144 Å². The smallest absolute Gasteiger partial charge is 0.218 e. The van der Waals surface area contributed by atoms with Crippen LogP contribution in [0.5, 0.6) is 0 Å². The molecule has 1 saturated heterocycles. The molecule has 24 heavy (non-hydrogen) atoms. The molecule has 2 heterocycles. The van der Waals surface area contributed by atoms with Gasteiger partial charge >= 0.3 is 0 Å². The van der Waals surface area contributed by atoms with Crippen LogP contribution in [0, 0.1) is 6.92 Å². The van der Waals surface area contributed by atoms with E-state index in [9.17, 15) is 8.42 Å². The Balaban J connectivity index is 1.56. The first-order valence-corrected chi connectivity index (χ1v) is 9.78. The third-order valence-corrected chi connectivity index (χ3v) is 6.20. The Bertz CT molecular complexity index is 753. The van der Waals surface area contributed by atoms with Gasteiger partial charge in [-0.3, -0.25) is 9.88 Å². The summed E-state index contributed by atoms with van der Waals surface area (Å²) in [5.74, 6) is 0.0810. The molecule has 1 aromatic heterocycles. The predicted octanol–water partition coefficient (Wildman–Crippen LogP) is 2.04. The van der Waals surface area contributed by atoms with E-state index < -0.39 is 10.0 Å². The van der Waals surface area contributed by atoms with Crippen LogP contribution in [0.1, 0.15) is 16.7 Å². The van der Waals surface area contributed by atoms with Crippen LogP contribution < -0.4 is 0 Å². The van der Waals surface area contributed by atoms with Crippen LogP contribution in [0.25, 0.3) is 0 Å². The molecule has 0 saturated carbocycles. The SMILES string of the molecule is Cc1ccc(CS(=O)(=O)N2CCN(Cc3ccncc3)CC2)cc1. The van der Waals surface area contributed by atoms with Crippen molar-refractivity contribution in [2.24, 2.45) is 0 Å². The Kier molecular flexibility index (Phi) is 5.28. The van der Waals surface area contributed by atoms with Crippen LogP contribution in [0.2, 0.25) is 0 Å². The first-order chi connectivity index (χ1) is 11.5. The van der Waals surface area contributed by atoms with Gasteiger partial charge in [-0.2, -0.15) is 4.31 Å². The molecule has 0 atom stereocenters. The second-order valence-corrected chi connectivity index (χ2v) is 8.24. The van der Waals surface area contributed by atoms with Gasteiger partial charge < -0.3 is 0 Å². The minimum atomic E-state index is -3.25. The summed E-state index contributed by atoms with van der Waals surface area (Å²) in [4.78, 5) is 6.31. The number of nitrogens with zero attached hydrogens (tertiary/aromatic N) is 3. The van der Waals surface area contributed by atoms with E-state index in [0.29, 0.717) is 13.1 Å². The van der Waals surface area contributed by atoms with Crippen molar-refractivity contribution in [3.8, 4) is 0 Å². The van der Waals surface area contributed by atoms with E-state index in [2.05, 4.69) is 9.88 Å². The summed E-state index contributed by atoms with van der Waals surface area (Å²) in [6, 6.07) is 11.7. The van der Waals surface area contributed by atoms with E-state index >= 15 is 0 Å². The molecular weight excluding hydrogens is 322 g/mol. The summed E-state index contributed by atoms with van der Waals surface area (Å²) in [5, 5.41) is 0. The Morgan fingerprint density at radius 1 is 0.917 bits per heavy atom. The Morgan fingerprint density at radius 3 is 2.17 bits per heavy atom. The van der Waals surface area contributed by atoms with Crippen LogP contribution in [0.4, 0.5) is 0 Å². The van der Waals surface area contributed by atoms with Gasteiger partial charge in [0.1, 0.15) is 0 Å². The van der Waals surface area contributed by atoms with Gasteiger partial charge in [-0.15, -0.1) is 0 Å². The molecule has 5 nitrogen and oxygen atoms in total. The molecular formula is C18H23N3O2S. The summed E-state index contributed by atoms with van der Waals surface area (Å²) in [5.41, 5.74) is 3.20. The maximum absolute atomic E-state index is 12.6. The van der Waals surface area contributed by atoms with E-state index in [-0.39, 0.29) is 5.75 Å². The minimum Gasteiger partial charge on any atom is -0.296 e. The van der Waals surface area contributed by atoms with E-state index in [4.69, 9.17) is 0 Å². The topological polar surface area (TPSA) is 53.5 Å². The normalized spacial score (nSPS) is 17.0.